The molecule has 8 heteroatoms. The lowest BCUT2D eigenvalue weighted by Crippen LogP contribution is -2.41. The number of ketones is 1. The number of carbonyl (C=O) groups is 2. The van der Waals surface area contributed by atoms with E-state index in [9.17, 15) is 18.4 Å². The van der Waals surface area contributed by atoms with Crippen LogP contribution in [0.2, 0.25) is 0 Å². The number of nitrogens with two attached hydrogens (primary N) is 1. The number of aromatic nitrogens is 1. The number of nitrogens with zero attached hydrogens (tertiary/aromatic N) is 1. The fourth-order valence-corrected chi connectivity index (χ4v) is 2.63. The number of hydrogen-bond donors (Lipinski definition) is 3. The number of amides is 1. The molecule has 4 N–H and O–H groups in total. The van der Waals surface area contributed by atoms with Gasteiger partial charge in [0.15, 0.2) is 11.6 Å². The second-order valence-corrected chi connectivity index (χ2v) is 5.84. The van der Waals surface area contributed by atoms with Crippen LogP contribution in [0.15, 0.2) is 24.4 Å². The summed E-state index contributed by atoms with van der Waals surface area (Å²) in [5.41, 5.74) is 5.62. The number of benzene rings is 1. The van der Waals surface area contributed by atoms with Gasteiger partial charge in [0.2, 0.25) is 0 Å². The topological polar surface area (TPSA) is 97.1 Å². The summed E-state index contributed by atoms with van der Waals surface area (Å²) in [6.45, 7) is 2.54. The number of primary amides is 1. The Morgan fingerprint density at radius 1 is 1.28 bits per heavy atom. The van der Waals surface area contributed by atoms with Crippen molar-refractivity contribution >= 4 is 23.1 Å². The van der Waals surface area contributed by atoms with E-state index in [1.807, 2.05) is 0 Å². The number of nitrogens with one attached hydrogen (secondary N) is 2. The standard InChI is InChI=1S/C17H16F2N4O2/c1-8(24)9-2-3-13(11(18)4-9)23-16-14(17(20)25)12(19)7-22-15(16)10-5-21-6-10/h2-4,7,10,21,23H,5-6H2,1H3,(H2,20,25). The van der Waals surface area contributed by atoms with E-state index in [4.69, 9.17) is 5.73 Å². The van der Waals surface area contributed by atoms with Gasteiger partial charge in [-0.05, 0) is 25.1 Å². The van der Waals surface area contributed by atoms with Crippen molar-refractivity contribution in [2.24, 2.45) is 5.73 Å². The zero-order valence-electron chi connectivity index (χ0n) is 13.4. The third kappa shape index (κ3) is 3.20. The third-order valence-electron chi connectivity index (χ3n) is 4.11. The van der Waals surface area contributed by atoms with E-state index >= 15 is 0 Å². The highest BCUT2D eigenvalue weighted by atomic mass is 19.1. The molecule has 25 heavy (non-hydrogen) atoms. The van der Waals surface area contributed by atoms with Gasteiger partial charge in [-0.1, -0.05) is 0 Å². The van der Waals surface area contributed by atoms with E-state index in [1.165, 1.54) is 19.1 Å². The number of pyridine rings is 1. The summed E-state index contributed by atoms with van der Waals surface area (Å²) in [6.07, 6.45) is 0.939. The van der Waals surface area contributed by atoms with Crippen molar-refractivity contribution in [1.29, 1.82) is 0 Å². The van der Waals surface area contributed by atoms with E-state index in [2.05, 4.69) is 15.6 Å². The largest absolute Gasteiger partial charge is 0.365 e. The third-order valence-corrected chi connectivity index (χ3v) is 4.11. The first kappa shape index (κ1) is 17.0. The lowest BCUT2D eigenvalue weighted by Gasteiger charge is -2.29. The Kier molecular flexibility index (Phi) is 4.45. The summed E-state index contributed by atoms with van der Waals surface area (Å²) in [4.78, 5) is 27.1. The predicted molar refractivity (Wildman–Crippen MR) is 88.0 cm³/mol. The molecular weight excluding hydrogens is 330 g/mol. The second-order valence-electron chi connectivity index (χ2n) is 5.84. The molecule has 3 rings (SSSR count). The van der Waals surface area contributed by atoms with Crippen LogP contribution in [0.1, 0.15) is 39.3 Å². The van der Waals surface area contributed by atoms with Crippen LogP contribution < -0.4 is 16.4 Å². The highest BCUT2D eigenvalue weighted by Gasteiger charge is 2.28. The summed E-state index contributed by atoms with van der Waals surface area (Å²) >= 11 is 0. The Hall–Kier alpha value is -2.87. The molecule has 1 amide bonds. The molecule has 0 aliphatic carbocycles. The zero-order chi connectivity index (χ0) is 18.1. The predicted octanol–water partition coefficient (Wildman–Crippen LogP) is 2.09. The highest BCUT2D eigenvalue weighted by Crippen LogP contribution is 2.33. The van der Waals surface area contributed by atoms with Crippen LogP contribution in [0.3, 0.4) is 0 Å². The molecule has 6 nitrogen and oxygen atoms in total. The van der Waals surface area contributed by atoms with Crippen molar-refractivity contribution in [3.8, 4) is 0 Å². The number of hydrogen-bond acceptors (Lipinski definition) is 5. The Morgan fingerprint density at radius 3 is 2.52 bits per heavy atom. The molecule has 0 unspecified atom stereocenters. The maximum atomic E-state index is 14.3. The summed E-state index contributed by atoms with van der Waals surface area (Å²) in [5, 5.41) is 5.79. The first-order valence-corrected chi connectivity index (χ1v) is 7.65. The van der Waals surface area contributed by atoms with Gasteiger partial charge in [-0.15, -0.1) is 0 Å². The van der Waals surface area contributed by atoms with Gasteiger partial charge >= 0.3 is 0 Å². The average molecular weight is 346 g/mol. The van der Waals surface area contributed by atoms with Gasteiger partial charge in [0.05, 0.1) is 23.3 Å². The van der Waals surface area contributed by atoms with Crippen LogP contribution in [0.4, 0.5) is 20.2 Å². The van der Waals surface area contributed by atoms with Crippen LogP contribution >= 0.6 is 0 Å². The highest BCUT2D eigenvalue weighted by molar-refractivity contribution is 6.00. The molecular formula is C17H16F2N4O2. The van der Waals surface area contributed by atoms with Gasteiger partial charge < -0.3 is 16.4 Å². The smallest absolute Gasteiger partial charge is 0.253 e. The average Bonchev–Trinajstić information content (AvgIpc) is 2.49. The molecule has 1 aliphatic heterocycles. The Labute approximate surface area is 142 Å². The molecule has 0 atom stereocenters. The number of Topliss-reactive ketones (excluding diaryl/α,β-unsaturated/α-hetero) is 1. The van der Waals surface area contributed by atoms with Crippen LogP contribution in [-0.4, -0.2) is 29.8 Å². The van der Waals surface area contributed by atoms with Crippen molar-refractivity contribution < 1.29 is 18.4 Å². The molecule has 2 aromatic rings. The summed E-state index contributed by atoms with van der Waals surface area (Å²) < 4.78 is 28.4. The molecule has 0 saturated carbocycles. The number of anilines is 2. The van der Waals surface area contributed by atoms with E-state index in [0.717, 1.165) is 12.3 Å². The maximum absolute atomic E-state index is 14.3. The molecule has 2 heterocycles. The van der Waals surface area contributed by atoms with Crippen molar-refractivity contribution in [1.82, 2.24) is 10.3 Å². The second kappa shape index (κ2) is 6.56. The van der Waals surface area contributed by atoms with E-state index in [-0.39, 0.29) is 34.2 Å². The molecule has 1 aromatic heterocycles. The normalized spacial score (nSPS) is 14.0. The quantitative estimate of drug-likeness (QED) is 0.720. The minimum absolute atomic E-state index is 0.00608. The molecule has 1 fully saturated rings. The SMILES string of the molecule is CC(=O)c1ccc(Nc2c(C3CNC3)ncc(F)c2C(N)=O)c(F)c1. The Morgan fingerprint density at radius 2 is 2.00 bits per heavy atom. The molecule has 1 aromatic carbocycles. The number of carbonyl (C=O) groups excluding carboxylic acids is 2. The summed E-state index contributed by atoms with van der Waals surface area (Å²) in [5.74, 6) is -2.88. The fraction of sp³-hybridized carbons (Fsp3) is 0.235. The molecule has 0 radical (unpaired) electrons. The van der Waals surface area contributed by atoms with Crippen molar-refractivity contribution in [3.05, 3.63) is 52.9 Å². The fourth-order valence-electron chi connectivity index (χ4n) is 2.63. The lowest BCUT2D eigenvalue weighted by molar-refractivity contribution is 0.0993. The van der Waals surface area contributed by atoms with E-state index < -0.39 is 17.5 Å². The van der Waals surface area contributed by atoms with Crippen molar-refractivity contribution in [2.45, 2.75) is 12.8 Å². The first-order chi connectivity index (χ1) is 11.9. The van der Waals surface area contributed by atoms with Crippen molar-refractivity contribution in [2.75, 3.05) is 18.4 Å². The van der Waals surface area contributed by atoms with Crippen LogP contribution in [0.5, 0.6) is 0 Å². The molecule has 130 valence electrons. The van der Waals surface area contributed by atoms with Crippen LogP contribution in [0.25, 0.3) is 0 Å². The van der Waals surface area contributed by atoms with Gasteiger partial charge in [0, 0.05) is 24.6 Å². The Bertz CT molecular complexity index is 866. The lowest BCUT2D eigenvalue weighted by atomic mass is 9.95. The monoisotopic (exact) mass is 346 g/mol. The van der Waals surface area contributed by atoms with Crippen molar-refractivity contribution in [3.63, 3.8) is 0 Å². The van der Waals surface area contributed by atoms with Gasteiger partial charge in [-0.2, -0.15) is 0 Å². The van der Waals surface area contributed by atoms with Gasteiger partial charge in [-0.3, -0.25) is 14.6 Å². The maximum Gasteiger partial charge on any atom is 0.253 e. The van der Waals surface area contributed by atoms with Gasteiger partial charge in [-0.25, -0.2) is 8.78 Å². The Balaban J connectivity index is 2.08. The molecule has 1 aliphatic rings. The molecule has 0 spiro atoms. The first-order valence-electron chi connectivity index (χ1n) is 7.65. The van der Waals surface area contributed by atoms with E-state index in [0.29, 0.717) is 18.8 Å². The zero-order valence-corrected chi connectivity index (χ0v) is 13.4. The minimum atomic E-state index is -0.975. The number of halogens is 2. The molecule has 1 saturated heterocycles. The van der Waals surface area contributed by atoms with Crippen LogP contribution in [0, 0.1) is 11.6 Å². The summed E-state index contributed by atoms with van der Waals surface area (Å²) in [7, 11) is 0. The van der Waals surface area contributed by atoms with E-state index in [1.54, 1.807) is 0 Å². The number of rotatable bonds is 5. The molecule has 0 bridgehead atoms. The minimum Gasteiger partial charge on any atom is -0.365 e. The van der Waals surface area contributed by atoms with Gasteiger partial charge in [0.25, 0.3) is 5.91 Å². The summed E-state index contributed by atoms with van der Waals surface area (Å²) in [6, 6.07) is 3.87. The van der Waals surface area contributed by atoms with Crippen LogP contribution in [-0.2, 0) is 0 Å². The van der Waals surface area contributed by atoms with Gasteiger partial charge in [0.1, 0.15) is 11.4 Å².